The van der Waals surface area contributed by atoms with Crippen LogP contribution in [0.2, 0.25) is 5.15 Å². The summed E-state index contributed by atoms with van der Waals surface area (Å²) in [5.74, 6) is 2.06. The summed E-state index contributed by atoms with van der Waals surface area (Å²) in [6, 6.07) is 0. The first-order valence-corrected chi connectivity index (χ1v) is 7.01. The molecule has 0 bridgehead atoms. The van der Waals surface area contributed by atoms with Crippen LogP contribution in [0.5, 0.6) is 0 Å². The zero-order valence-corrected chi connectivity index (χ0v) is 11.2. The van der Waals surface area contributed by atoms with Crippen molar-refractivity contribution in [1.29, 1.82) is 0 Å². The first kappa shape index (κ1) is 11.5. The fraction of sp³-hybridized carbons (Fsp3) is 0.556. The van der Waals surface area contributed by atoms with E-state index >= 15 is 0 Å². The third-order valence-electron chi connectivity index (χ3n) is 2.27. The van der Waals surface area contributed by atoms with Crippen LogP contribution in [-0.2, 0) is 0 Å². The van der Waals surface area contributed by atoms with Gasteiger partial charge >= 0.3 is 0 Å². The number of thioether (sulfide) groups is 1. The molecule has 0 spiro atoms. The molecule has 2 heterocycles. The summed E-state index contributed by atoms with van der Waals surface area (Å²) < 4.78 is 0.745. The minimum Gasteiger partial charge on any atom is -0.368 e. The van der Waals surface area contributed by atoms with Gasteiger partial charge in [0.15, 0.2) is 0 Å². The zero-order chi connectivity index (χ0) is 10.7. The Balaban J connectivity index is 1.95. The maximum atomic E-state index is 5.87. The van der Waals surface area contributed by atoms with E-state index in [1.54, 1.807) is 0 Å². The lowest BCUT2D eigenvalue weighted by Gasteiger charge is -2.11. The van der Waals surface area contributed by atoms with Crippen LogP contribution in [0.25, 0.3) is 0 Å². The summed E-state index contributed by atoms with van der Waals surface area (Å²) in [4.78, 5) is 8.02. The number of anilines is 1. The third kappa shape index (κ3) is 2.98. The minimum atomic E-state index is 0.451. The van der Waals surface area contributed by atoms with Gasteiger partial charge in [0.05, 0.1) is 4.47 Å². The van der Waals surface area contributed by atoms with Gasteiger partial charge in [-0.05, 0) is 34.5 Å². The standard InChI is InChI=1S/C9H11BrClN3S/c10-7-8(11)13-5-14-9(7)12-4-6-2-1-3-15-6/h5-6H,1-4H2,(H,12,13,14). The van der Waals surface area contributed by atoms with Gasteiger partial charge in [-0.15, -0.1) is 0 Å². The number of hydrogen-bond donors (Lipinski definition) is 1. The molecular weight excluding hydrogens is 298 g/mol. The van der Waals surface area contributed by atoms with E-state index in [1.165, 1.54) is 24.9 Å². The van der Waals surface area contributed by atoms with Crippen molar-refractivity contribution in [1.82, 2.24) is 9.97 Å². The molecule has 0 radical (unpaired) electrons. The van der Waals surface area contributed by atoms with Crippen LogP contribution in [0.1, 0.15) is 12.8 Å². The average Bonchev–Trinajstić information content (AvgIpc) is 2.73. The molecule has 0 aromatic carbocycles. The molecule has 82 valence electrons. The van der Waals surface area contributed by atoms with E-state index in [2.05, 4.69) is 31.2 Å². The van der Waals surface area contributed by atoms with E-state index < -0.39 is 0 Å². The molecular formula is C9H11BrClN3S. The second-order valence-electron chi connectivity index (χ2n) is 3.34. The summed E-state index contributed by atoms with van der Waals surface area (Å²) in [6.45, 7) is 0.941. The van der Waals surface area contributed by atoms with Gasteiger partial charge in [0.2, 0.25) is 0 Å². The predicted octanol–water partition coefficient (Wildman–Crippen LogP) is 3.20. The Bertz CT molecular complexity index is 344. The molecule has 0 saturated carbocycles. The fourth-order valence-electron chi connectivity index (χ4n) is 1.49. The molecule has 1 fully saturated rings. The van der Waals surface area contributed by atoms with Gasteiger partial charge in [-0.2, -0.15) is 11.8 Å². The highest BCUT2D eigenvalue weighted by molar-refractivity contribution is 9.10. The Hall–Kier alpha value is 0. The van der Waals surface area contributed by atoms with E-state index in [0.717, 1.165) is 16.8 Å². The van der Waals surface area contributed by atoms with Crippen molar-refractivity contribution >= 4 is 45.1 Å². The summed E-state index contributed by atoms with van der Waals surface area (Å²) in [6.07, 6.45) is 4.08. The maximum Gasteiger partial charge on any atom is 0.148 e. The molecule has 0 aliphatic carbocycles. The molecule has 1 aliphatic rings. The fourth-order valence-corrected chi connectivity index (χ4v) is 3.17. The maximum absolute atomic E-state index is 5.87. The summed E-state index contributed by atoms with van der Waals surface area (Å²) >= 11 is 11.2. The molecule has 15 heavy (non-hydrogen) atoms. The van der Waals surface area contributed by atoms with Gasteiger partial charge in [-0.3, -0.25) is 0 Å². The lowest BCUT2D eigenvalue weighted by atomic mass is 10.2. The third-order valence-corrected chi connectivity index (χ3v) is 4.93. The lowest BCUT2D eigenvalue weighted by molar-refractivity contribution is 0.802. The van der Waals surface area contributed by atoms with E-state index in [0.29, 0.717) is 10.4 Å². The molecule has 1 atom stereocenters. The molecule has 0 amide bonds. The SMILES string of the molecule is Clc1ncnc(NCC2CCCS2)c1Br. The van der Waals surface area contributed by atoms with Crippen molar-refractivity contribution < 1.29 is 0 Å². The van der Waals surface area contributed by atoms with Crippen molar-refractivity contribution in [3.63, 3.8) is 0 Å². The van der Waals surface area contributed by atoms with Crippen LogP contribution in [0.15, 0.2) is 10.8 Å². The van der Waals surface area contributed by atoms with Crippen molar-refractivity contribution in [3.8, 4) is 0 Å². The number of rotatable bonds is 3. The van der Waals surface area contributed by atoms with E-state index in [9.17, 15) is 0 Å². The lowest BCUT2D eigenvalue weighted by Crippen LogP contribution is -2.14. The monoisotopic (exact) mass is 307 g/mol. The van der Waals surface area contributed by atoms with E-state index in [-0.39, 0.29) is 0 Å². The summed E-state index contributed by atoms with van der Waals surface area (Å²) in [5.41, 5.74) is 0. The number of hydrogen-bond acceptors (Lipinski definition) is 4. The smallest absolute Gasteiger partial charge is 0.148 e. The second-order valence-corrected chi connectivity index (χ2v) is 5.90. The van der Waals surface area contributed by atoms with Crippen LogP contribution in [-0.4, -0.2) is 27.5 Å². The van der Waals surface area contributed by atoms with Crippen LogP contribution >= 0.6 is 39.3 Å². The van der Waals surface area contributed by atoms with Gasteiger partial charge in [0.25, 0.3) is 0 Å². The van der Waals surface area contributed by atoms with Gasteiger partial charge in [-0.1, -0.05) is 11.6 Å². The van der Waals surface area contributed by atoms with Crippen molar-refractivity contribution in [2.75, 3.05) is 17.6 Å². The molecule has 2 rings (SSSR count). The van der Waals surface area contributed by atoms with E-state index in [1.807, 2.05) is 11.8 Å². The highest BCUT2D eigenvalue weighted by Crippen LogP contribution is 2.29. The van der Waals surface area contributed by atoms with Crippen LogP contribution in [0, 0.1) is 0 Å². The Morgan fingerprint density at radius 3 is 3.20 bits per heavy atom. The molecule has 6 heteroatoms. The average molecular weight is 309 g/mol. The number of halogens is 2. The quantitative estimate of drug-likeness (QED) is 0.870. The summed E-state index contributed by atoms with van der Waals surface area (Å²) in [5, 5.41) is 4.44. The Morgan fingerprint density at radius 2 is 2.47 bits per heavy atom. The predicted molar refractivity (Wildman–Crippen MR) is 68.7 cm³/mol. The highest BCUT2D eigenvalue weighted by Gasteiger charge is 2.16. The number of nitrogens with one attached hydrogen (secondary N) is 1. The molecule has 1 aliphatic heterocycles. The number of nitrogens with zero attached hydrogens (tertiary/aromatic N) is 2. The van der Waals surface area contributed by atoms with Gasteiger partial charge in [0.1, 0.15) is 17.3 Å². The van der Waals surface area contributed by atoms with E-state index in [4.69, 9.17) is 11.6 Å². The van der Waals surface area contributed by atoms with Crippen LogP contribution in [0.4, 0.5) is 5.82 Å². The number of aromatic nitrogens is 2. The minimum absolute atomic E-state index is 0.451. The molecule has 1 aromatic heterocycles. The second kappa shape index (κ2) is 5.37. The van der Waals surface area contributed by atoms with Crippen molar-refractivity contribution in [2.24, 2.45) is 0 Å². The molecule has 1 unspecified atom stereocenters. The van der Waals surface area contributed by atoms with Gasteiger partial charge < -0.3 is 5.32 Å². The Morgan fingerprint density at radius 1 is 1.60 bits per heavy atom. The molecule has 3 nitrogen and oxygen atoms in total. The molecule has 1 N–H and O–H groups in total. The van der Waals surface area contributed by atoms with Crippen LogP contribution < -0.4 is 5.32 Å². The normalized spacial score (nSPS) is 20.5. The topological polar surface area (TPSA) is 37.8 Å². The largest absolute Gasteiger partial charge is 0.368 e. The Kier molecular flexibility index (Phi) is 4.11. The van der Waals surface area contributed by atoms with Gasteiger partial charge in [-0.25, -0.2) is 9.97 Å². The van der Waals surface area contributed by atoms with Crippen molar-refractivity contribution in [3.05, 3.63) is 16.0 Å². The molecule has 1 saturated heterocycles. The Labute approximate surface area is 107 Å². The highest BCUT2D eigenvalue weighted by atomic mass is 79.9. The van der Waals surface area contributed by atoms with Crippen LogP contribution in [0.3, 0.4) is 0 Å². The first-order chi connectivity index (χ1) is 7.27. The van der Waals surface area contributed by atoms with Crippen molar-refractivity contribution in [2.45, 2.75) is 18.1 Å². The first-order valence-electron chi connectivity index (χ1n) is 4.79. The molecule has 1 aromatic rings. The zero-order valence-electron chi connectivity index (χ0n) is 8.04. The summed E-state index contributed by atoms with van der Waals surface area (Å²) in [7, 11) is 0. The van der Waals surface area contributed by atoms with Gasteiger partial charge in [0, 0.05) is 11.8 Å².